The SMILES string of the molecule is CC1CCCC(CBr)(NC(=O)CC2CCCO2)C1. The lowest BCUT2D eigenvalue weighted by molar-refractivity contribution is -0.125. The van der Waals surface area contributed by atoms with Crippen LogP contribution in [0.25, 0.3) is 0 Å². The van der Waals surface area contributed by atoms with Crippen molar-refractivity contribution in [3.05, 3.63) is 0 Å². The minimum absolute atomic E-state index is 0.0205. The average Bonchev–Trinajstić information content (AvgIpc) is 2.81. The second-order valence-corrected chi connectivity index (χ2v) is 6.56. The normalized spacial score (nSPS) is 36.6. The van der Waals surface area contributed by atoms with E-state index in [2.05, 4.69) is 28.2 Å². The number of rotatable bonds is 4. The van der Waals surface area contributed by atoms with Gasteiger partial charge in [-0.05, 0) is 31.6 Å². The van der Waals surface area contributed by atoms with Gasteiger partial charge in [0.1, 0.15) is 0 Å². The maximum Gasteiger partial charge on any atom is 0.223 e. The van der Waals surface area contributed by atoms with Crippen molar-refractivity contribution in [2.75, 3.05) is 11.9 Å². The van der Waals surface area contributed by atoms with E-state index < -0.39 is 0 Å². The van der Waals surface area contributed by atoms with E-state index in [0.717, 1.165) is 37.6 Å². The van der Waals surface area contributed by atoms with Gasteiger partial charge in [0.2, 0.25) is 5.91 Å². The van der Waals surface area contributed by atoms with Crippen molar-refractivity contribution < 1.29 is 9.53 Å². The van der Waals surface area contributed by atoms with Gasteiger partial charge in [0, 0.05) is 17.5 Å². The fourth-order valence-corrected chi connectivity index (χ4v) is 3.94. The lowest BCUT2D eigenvalue weighted by Gasteiger charge is -2.39. The van der Waals surface area contributed by atoms with Gasteiger partial charge in [-0.1, -0.05) is 35.7 Å². The second kappa shape index (κ2) is 6.38. The van der Waals surface area contributed by atoms with E-state index >= 15 is 0 Å². The molecule has 104 valence electrons. The summed E-state index contributed by atoms with van der Waals surface area (Å²) in [4.78, 5) is 12.1. The van der Waals surface area contributed by atoms with E-state index in [4.69, 9.17) is 4.74 Å². The highest BCUT2D eigenvalue weighted by Gasteiger charge is 2.35. The number of halogens is 1. The van der Waals surface area contributed by atoms with Gasteiger partial charge in [0.05, 0.1) is 12.5 Å². The van der Waals surface area contributed by atoms with E-state index in [1.165, 1.54) is 12.8 Å². The van der Waals surface area contributed by atoms with E-state index in [0.29, 0.717) is 12.3 Å². The van der Waals surface area contributed by atoms with Gasteiger partial charge in [0.25, 0.3) is 0 Å². The first-order valence-electron chi connectivity index (χ1n) is 7.12. The van der Waals surface area contributed by atoms with Crippen LogP contribution in [-0.4, -0.2) is 29.5 Å². The minimum Gasteiger partial charge on any atom is -0.378 e. The van der Waals surface area contributed by atoms with Gasteiger partial charge in [-0.25, -0.2) is 0 Å². The average molecular weight is 318 g/mol. The summed E-state index contributed by atoms with van der Waals surface area (Å²) in [5.74, 6) is 0.870. The fourth-order valence-electron chi connectivity index (χ4n) is 3.29. The van der Waals surface area contributed by atoms with Crippen LogP contribution in [0.15, 0.2) is 0 Å². The summed E-state index contributed by atoms with van der Waals surface area (Å²) in [5, 5.41) is 4.14. The molecule has 1 saturated carbocycles. The third-order valence-corrected chi connectivity index (χ3v) is 5.26. The molecule has 3 unspecified atom stereocenters. The molecule has 1 N–H and O–H groups in total. The summed E-state index contributed by atoms with van der Waals surface area (Å²) in [5.41, 5.74) is -0.0205. The standard InChI is InChI=1S/C14H24BrNO2/c1-11-4-2-6-14(9-11,10-15)16-13(17)8-12-5-3-7-18-12/h11-12H,2-10H2,1H3,(H,16,17). The number of hydrogen-bond donors (Lipinski definition) is 1. The van der Waals surface area contributed by atoms with E-state index in [1.54, 1.807) is 0 Å². The highest BCUT2D eigenvalue weighted by atomic mass is 79.9. The monoisotopic (exact) mass is 317 g/mol. The molecule has 0 spiro atoms. The van der Waals surface area contributed by atoms with Crippen molar-refractivity contribution in [1.82, 2.24) is 5.32 Å². The number of alkyl halides is 1. The van der Waals surface area contributed by atoms with Crippen LogP contribution < -0.4 is 5.32 Å². The minimum atomic E-state index is -0.0205. The Labute approximate surface area is 118 Å². The Hall–Kier alpha value is -0.0900. The Morgan fingerprint density at radius 2 is 2.28 bits per heavy atom. The van der Waals surface area contributed by atoms with Crippen LogP contribution >= 0.6 is 15.9 Å². The van der Waals surface area contributed by atoms with Crippen molar-refractivity contribution in [2.45, 2.75) is 63.5 Å². The molecule has 0 aromatic rings. The van der Waals surface area contributed by atoms with Crippen LogP contribution in [-0.2, 0) is 9.53 Å². The molecular formula is C14H24BrNO2. The Kier molecular flexibility index (Phi) is 5.07. The second-order valence-electron chi connectivity index (χ2n) is 6.00. The third kappa shape index (κ3) is 3.70. The molecule has 2 rings (SSSR count). The first-order chi connectivity index (χ1) is 8.63. The van der Waals surface area contributed by atoms with E-state index in [9.17, 15) is 4.79 Å². The zero-order valence-corrected chi connectivity index (χ0v) is 12.8. The smallest absolute Gasteiger partial charge is 0.223 e. The number of nitrogens with one attached hydrogen (secondary N) is 1. The molecule has 2 aliphatic rings. The molecule has 0 bridgehead atoms. The van der Waals surface area contributed by atoms with Crippen molar-refractivity contribution in [3.63, 3.8) is 0 Å². The maximum absolute atomic E-state index is 12.1. The van der Waals surface area contributed by atoms with Gasteiger partial charge in [-0.2, -0.15) is 0 Å². The summed E-state index contributed by atoms with van der Waals surface area (Å²) in [7, 11) is 0. The van der Waals surface area contributed by atoms with E-state index in [1.807, 2.05) is 0 Å². The number of ether oxygens (including phenoxy) is 1. The Morgan fingerprint density at radius 1 is 1.44 bits per heavy atom. The number of amides is 1. The lowest BCUT2D eigenvalue weighted by atomic mass is 9.77. The molecule has 3 nitrogen and oxygen atoms in total. The van der Waals surface area contributed by atoms with Crippen LogP contribution in [0.4, 0.5) is 0 Å². The molecule has 1 saturated heterocycles. The molecule has 1 aliphatic heterocycles. The summed E-state index contributed by atoms with van der Waals surface area (Å²) < 4.78 is 5.53. The molecule has 2 fully saturated rings. The van der Waals surface area contributed by atoms with E-state index in [-0.39, 0.29) is 17.6 Å². The maximum atomic E-state index is 12.1. The van der Waals surface area contributed by atoms with Crippen LogP contribution in [0, 0.1) is 5.92 Å². The van der Waals surface area contributed by atoms with Gasteiger partial charge in [-0.15, -0.1) is 0 Å². The molecule has 0 aromatic heterocycles. The molecule has 1 aliphatic carbocycles. The summed E-state index contributed by atoms with van der Waals surface area (Å²) in [6.07, 6.45) is 7.50. The molecule has 0 aromatic carbocycles. The predicted octanol–water partition coefficient (Wildman–Crippen LogP) is 3.02. The summed E-state index contributed by atoms with van der Waals surface area (Å²) in [6, 6.07) is 0. The van der Waals surface area contributed by atoms with Gasteiger partial charge < -0.3 is 10.1 Å². The van der Waals surface area contributed by atoms with Gasteiger partial charge in [0.15, 0.2) is 0 Å². The van der Waals surface area contributed by atoms with Crippen molar-refractivity contribution >= 4 is 21.8 Å². The summed E-state index contributed by atoms with van der Waals surface area (Å²) >= 11 is 3.59. The zero-order valence-electron chi connectivity index (χ0n) is 11.2. The van der Waals surface area contributed by atoms with Gasteiger partial charge in [-0.3, -0.25) is 4.79 Å². The first kappa shape index (κ1) is 14.3. The molecular weight excluding hydrogens is 294 g/mol. The third-order valence-electron chi connectivity index (χ3n) is 4.19. The quantitative estimate of drug-likeness (QED) is 0.809. The molecule has 1 heterocycles. The van der Waals surface area contributed by atoms with Gasteiger partial charge >= 0.3 is 0 Å². The number of hydrogen-bond acceptors (Lipinski definition) is 2. The highest BCUT2D eigenvalue weighted by molar-refractivity contribution is 9.09. The Bertz CT molecular complexity index is 292. The van der Waals surface area contributed by atoms with Crippen molar-refractivity contribution in [2.24, 2.45) is 5.92 Å². The zero-order chi connectivity index (χ0) is 13.0. The number of carbonyl (C=O) groups is 1. The Morgan fingerprint density at radius 3 is 2.89 bits per heavy atom. The molecule has 3 atom stereocenters. The van der Waals surface area contributed by atoms with Crippen LogP contribution in [0.1, 0.15) is 51.9 Å². The predicted molar refractivity (Wildman–Crippen MR) is 75.9 cm³/mol. The van der Waals surface area contributed by atoms with Crippen molar-refractivity contribution in [1.29, 1.82) is 0 Å². The fraction of sp³-hybridized carbons (Fsp3) is 0.929. The molecule has 1 amide bonds. The highest BCUT2D eigenvalue weighted by Crippen LogP contribution is 2.33. The van der Waals surface area contributed by atoms with Crippen LogP contribution in [0.2, 0.25) is 0 Å². The Balaban J connectivity index is 1.86. The first-order valence-corrected chi connectivity index (χ1v) is 8.24. The molecule has 18 heavy (non-hydrogen) atoms. The molecule has 4 heteroatoms. The van der Waals surface area contributed by atoms with Crippen LogP contribution in [0.5, 0.6) is 0 Å². The van der Waals surface area contributed by atoms with Crippen LogP contribution in [0.3, 0.4) is 0 Å². The van der Waals surface area contributed by atoms with Crippen molar-refractivity contribution in [3.8, 4) is 0 Å². The largest absolute Gasteiger partial charge is 0.378 e. The summed E-state index contributed by atoms with van der Waals surface area (Å²) in [6.45, 7) is 3.10. The topological polar surface area (TPSA) is 38.3 Å². The number of carbonyl (C=O) groups excluding carboxylic acids is 1. The lowest BCUT2D eigenvalue weighted by Crippen LogP contribution is -2.53. The molecule has 0 radical (unpaired) electrons.